The maximum Gasteiger partial charge on any atom is 0.107 e. The molecule has 2 aromatic rings. The molecule has 0 bridgehead atoms. The number of hydrogen-bond donors (Lipinski definition) is 2. The zero-order valence-corrected chi connectivity index (χ0v) is 10.8. The minimum Gasteiger partial charge on any atom is -0.342 e. The molecule has 1 aromatic carbocycles. The van der Waals surface area contributed by atoms with Crippen molar-refractivity contribution in [1.82, 2.24) is 20.2 Å². The van der Waals surface area contributed by atoms with E-state index in [4.69, 9.17) is 0 Å². The lowest BCUT2D eigenvalue weighted by molar-refractivity contribution is 0.190. The fourth-order valence-corrected chi connectivity index (χ4v) is 2.61. The summed E-state index contributed by atoms with van der Waals surface area (Å²) in [5.74, 6) is 1.11. The molecule has 0 aliphatic carbocycles. The highest BCUT2D eigenvalue weighted by Gasteiger charge is 2.18. The van der Waals surface area contributed by atoms with Crippen molar-refractivity contribution >= 4 is 11.0 Å². The highest BCUT2D eigenvalue weighted by Crippen LogP contribution is 2.13. The Bertz CT molecular complexity index is 486. The summed E-state index contributed by atoms with van der Waals surface area (Å²) in [5.41, 5.74) is 2.21. The van der Waals surface area contributed by atoms with Gasteiger partial charge >= 0.3 is 0 Å². The summed E-state index contributed by atoms with van der Waals surface area (Å²) in [6, 6.07) is 8.85. The molecule has 1 atom stereocenters. The summed E-state index contributed by atoms with van der Waals surface area (Å²) in [5, 5.41) is 3.46. The number of nitrogens with one attached hydrogen (secondary N) is 2. The van der Waals surface area contributed by atoms with Gasteiger partial charge in [0.2, 0.25) is 0 Å². The van der Waals surface area contributed by atoms with Crippen molar-refractivity contribution < 1.29 is 0 Å². The van der Waals surface area contributed by atoms with Gasteiger partial charge in [-0.1, -0.05) is 12.1 Å². The van der Waals surface area contributed by atoms with E-state index in [1.807, 2.05) is 12.1 Å². The summed E-state index contributed by atoms with van der Waals surface area (Å²) >= 11 is 0. The highest BCUT2D eigenvalue weighted by atomic mass is 15.2. The molecule has 1 saturated heterocycles. The second-order valence-corrected chi connectivity index (χ2v) is 5.08. The van der Waals surface area contributed by atoms with Gasteiger partial charge in [-0.15, -0.1) is 0 Å². The molecular weight excluding hydrogens is 224 g/mol. The van der Waals surface area contributed by atoms with Gasteiger partial charge < -0.3 is 15.2 Å². The Kier molecular flexibility index (Phi) is 3.30. The van der Waals surface area contributed by atoms with Gasteiger partial charge in [0.1, 0.15) is 5.82 Å². The first-order valence-corrected chi connectivity index (χ1v) is 6.67. The third-order valence-electron chi connectivity index (χ3n) is 3.80. The Balaban J connectivity index is 1.65. The van der Waals surface area contributed by atoms with Gasteiger partial charge in [-0.25, -0.2) is 4.98 Å². The summed E-state index contributed by atoms with van der Waals surface area (Å²) in [7, 11) is 2.21. The molecular formula is C14H20N4. The van der Waals surface area contributed by atoms with Crippen molar-refractivity contribution in [2.75, 3.05) is 26.7 Å². The molecule has 4 heteroatoms. The highest BCUT2D eigenvalue weighted by molar-refractivity contribution is 5.74. The molecule has 1 aromatic heterocycles. The van der Waals surface area contributed by atoms with Crippen LogP contribution in [0, 0.1) is 0 Å². The second-order valence-electron chi connectivity index (χ2n) is 5.08. The van der Waals surface area contributed by atoms with Crippen LogP contribution in [-0.2, 0) is 6.42 Å². The lowest BCUT2D eigenvalue weighted by atomic mass is 10.1. The van der Waals surface area contributed by atoms with Crippen LogP contribution in [0.1, 0.15) is 12.2 Å². The van der Waals surface area contributed by atoms with Crippen molar-refractivity contribution in [3.8, 4) is 0 Å². The smallest absolute Gasteiger partial charge is 0.107 e. The Morgan fingerprint density at radius 1 is 1.39 bits per heavy atom. The number of fused-ring (bicyclic) bond motifs is 1. The number of aromatic amines is 1. The topological polar surface area (TPSA) is 44.0 Å². The van der Waals surface area contributed by atoms with E-state index in [9.17, 15) is 0 Å². The normalized spacial score (nSPS) is 21.5. The largest absolute Gasteiger partial charge is 0.342 e. The maximum atomic E-state index is 4.63. The van der Waals surface area contributed by atoms with E-state index in [2.05, 4.69) is 39.4 Å². The molecule has 0 radical (unpaired) electrons. The zero-order valence-electron chi connectivity index (χ0n) is 10.8. The van der Waals surface area contributed by atoms with Crippen molar-refractivity contribution in [1.29, 1.82) is 0 Å². The number of benzene rings is 1. The zero-order chi connectivity index (χ0) is 12.4. The SMILES string of the molecule is CN1CCNCC1CCc1nc2ccccc2[nH]1. The standard InChI is InChI=1S/C14H20N4/c1-18-9-8-15-10-11(18)6-7-14-16-12-4-2-3-5-13(12)17-14/h2-5,11,15H,6-10H2,1H3,(H,16,17). The molecule has 0 spiro atoms. The number of imidazole rings is 1. The summed E-state index contributed by atoms with van der Waals surface area (Å²) in [6.07, 6.45) is 2.18. The lowest BCUT2D eigenvalue weighted by Crippen LogP contribution is -2.49. The third kappa shape index (κ3) is 2.40. The predicted octanol–water partition coefficient (Wildman–Crippen LogP) is 1.40. The van der Waals surface area contributed by atoms with Crippen LogP contribution in [0.2, 0.25) is 0 Å². The Morgan fingerprint density at radius 2 is 2.28 bits per heavy atom. The van der Waals surface area contributed by atoms with E-state index in [0.717, 1.165) is 49.3 Å². The number of aromatic nitrogens is 2. The number of hydrogen-bond acceptors (Lipinski definition) is 3. The minimum absolute atomic E-state index is 0.631. The van der Waals surface area contributed by atoms with Gasteiger partial charge in [0.15, 0.2) is 0 Å². The molecule has 1 unspecified atom stereocenters. The van der Waals surface area contributed by atoms with Gasteiger partial charge in [0.05, 0.1) is 11.0 Å². The average Bonchev–Trinajstić information content (AvgIpc) is 2.80. The van der Waals surface area contributed by atoms with E-state index in [1.165, 1.54) is 0 Å². The third-order valence-corrected chi connectivity index (χ3v) is 3.80. The number of nitrogens with zero attached hydrogens (tertiary/aromatic N) is 2. The molecule has 1 fully saturated rings. The number of likely N-dealkylation sites (N-methyl/N-ethyl adjacent to an activating group) is 1. The fourth-order valence-electron chi connectivity index (χ4n) is 2.61. The number of aryl methyl sites for hydroxylation is 1. The number of H-pyrrole nitrogens is 1. The van der Waals surface area contributed by atoms with Crippen LogP contribution < -0.4 is 5.32 Å². The monoisotopic (exact) mass is 244 g/mol. The van der Waals surface area contributed by atoms with Crippen LogP contribution in [0.25, 0.3) is 11.0 Å². The molecule has 2 N–H and O–H groups in total. The molecule has 3 rings (SSSR count). The van der Waals surface area contributed by atoms with E-state index in [1.54, 1.807) is 0 Å². The van der Waals surface area contributed by atoms with Gasteiger partial charge in [0.25, 0.3) is 0 Å². The second kappa shape index (κ2) is 5.08. The summed E-state index contributed by atoms with van der Waals surface area (Å²) in [4.78, 5) is 10.5. The average molecular weight is 244 g/mol. The van der Waals surface area contributed by atoms with E-state index in [-0.39, 0.29) is 0 Å². The van der Waals surface area contributed by atoms with E-state index < -0.39 is 0 Å². The summed E-state index contributed by atoms with van der Waals surface area (Å²) < 4.78 is 0. The lowest BCUT2D eigenvalue weighted by Gasteiger charge is -2.32. The fraction of sp³-hybridized carbons (Fsp3) is 0.500. The van der Waals surface area contributed by atoms with Gasteiger partial charge in [-0.05, 0) is 25.6 Å². The molecule has 0 amide bonds. The first kappa shape index (κ1) is 11.7. The van der Waals surface area contributed by atoms with Crippen molar-refractivity contribution in [3.63, 3.8) is 0 Å². The maximum absolute atomic E-state index is 4.63. The number of piperazine rings is 1. The number of rotatable bonds is 3. The molecule has 2 heterocycles. The summed E-state index contributed by atoms with van der Waals surface area (Å²) in [6.45, 7) is 3.35. The molecule has 1 aliphatic rings. The molecule has 4 nitrogen and oxygen atoms in total. The molecule has 1 aliphatic heterocycles. The van der Waals surface area contributed by atoms with Gasteiger partial charge in [0, 0.05) is 32.1 Å². The van der Waals surface area contributed by atoms with Crippen molar-refractivity contribution in [2.24, 2.45) is 0 Å². The Hall–Kier alpha value is -1.39. The minimum atomic E-state index is 0.631. The Labute approximate surface area is 107 Å². The van der Waals surface area contributed by atoms with Crippen LogP contribution in [0.4, 0.5) is 0 Å². The van der Waals surface area contributed by atoms with Crippen LogP contribution in [0.3, 0.4) is 0 Å². The van der Waals surface area contributed by atoms with Crippen LogP contribution in [0.15, 0.2) is 24.3 Å². The van der Waals surface area contributed by atoms with Crippen LogP contribution in [-0.4, -0.2) is 47.6 Å². The van der Waals surface area contributed by atoms with Crippen LogP contribution in [0.5, 0.6) is 0 Å². The van der Waals surface area contributed by atoms with Crippen molar-refractivity contribution in [2.45, 2.75) is 18.9 Å². The quantitative estimate of drug-likeness (QED) is 0.858. The van der Waals surface area contributed by atoms with Gasteiger partial charge in [-0.2, -0.15) is 0 Å². The Morgan fingerprint density at radius 3 is 3.11 bits per heavy atom. The first-order valence-electron chi connectivity index (χ1n) is 6.67. The predicted molar refractivity (Wildman–Crippen MR) is 73.7 cm³/mol. The molecule has 0 saturated carbocycles. The van der Waals surface area contributed by atoms with E-state index >= 15 is 0 Å². The molecule has 96 valence electrons. The first-order chi connectivity index (χ1) is 8.83. The molecule has 18 heavy (non-hydrogen) atoms. The van der Waals surface area contributed by atoms with Crippen LogP contribution >= 0.6 is 0 Å². The van der Waals surface area contributed by atoms with Gasteiger partial charge in [-0.3, -0.25) is 0 Å². The number of para-hydroxylation sites is 2. The van der Waals surface area contributed by atoms with E-state index in [0.29, 0.717) is 6.04 Å². The van der Waals surface area contributed by atoms with Crippen molar-refractivity contribution in [3.05, 3.63) is 30.1 Å².